The van der Waals surface area contributed by atoms with Gasteiger partial charge in [-0.2, -0.15) is 0 Å². The van der Waals surface area contributed by atoms with E-state index in [0.29, 0.717) is 11.3 Å². The summed E-state index contributed by atoms with van der Waals surface area (Å²) in [6.07, 6.45) is 2.68. The lowest BCUT2D eigenvalue weighted by Crippen LogP contribution is -2.53. The van der Waals surface area contributed by atoms with Gasteiger partial charge in [-0.25, -0.2) is 4.79 Å². The molecule has 1 fully saturated rings. The second-order valence-corrected chi connectivity index (χ2v) is 5.98. The van der Waals surface area contributed by atoms with Gasteiger partial charge in [0.15, 0.2) is 11.5 Å². The Morgan fingerprint density at radius 2 is 2.11 bits per heavy atom. The monoisotopic (exact) mass is 390 g/mol. The topological polar surface area (TPSA) is 109 Å². The first kappa shape index (κ1) is 18.5. The first-order valence-electron chi connectivity index (χ1n) is 7.97. The number of nitrogens with zero attached hydrogens (tertiary/aromatic N) is 1. The van der Waals surface area contributed by atoms with Crippen molar-refractivity contribution in [3.63, 3.8) is 0 Å². The largest absolute Gasteiger partial charge is 0.503 e. The number of urea groups is 1. The standard InChI is InChI=1S/C18H15ClN2O6/c1-2-26-14-8-10(7-13(19)15(14)22)6-12-16(23)20-18(25)21(17(12)24)9-11-4-3-5-27-11/h3-8,22H,2,9H2,1H3,(H,20,23,25)/b12-6+. The van der Waals surface area contributed by atoms with Crippen LogP contribution in [0, 0.1) is 0 Å². The number of nitrogens with one attached hydrogen (secondary N) is 1. The lowest BCUT2D eigenvalue weighted by Gasteiger charge is -2.25. The molecule has 0 spiro atoms. The highest BCUT2D eigenvalue weighted by Gasteiger charge is 2.36. The smallest absolute Gasteiger partial charge is 0.331 e. The molecule has 0 atom stereocenters. The number of benzene rings is 1. The summed E-state index contributed by atoms with van der Waals surface area (Å²) < 4.78 is 10.4. The van der Waals surface area contributed by atoms with Crippen LogP contribution in [0.4, 0.5) is 4.79 Å². The summed E-state index contributed by atoms with van der Waals surface area (Å²) in [6.45, 7) is 1.90. The van der Waals surface area contributed by atoms with Crippen LogP contribution >= 0.6 is 11.6 Å². The summed E-state index contributed by atoms with van der Waals surface area (Å²) in [5, 5.41) is 12.0. The van der Waals surface area contributed by atoms with Crippen molar-refractivity contribution in [3.05, 3.63) is 52.4 Å². The van der Waals surface area contributed by atoms with Gasteiger partial charge in [0.1, 0.15) is 11.3 Å². The number of carbonyl (C=O) groups excluding carboxylic acids is 3. The van der Waals surface area contributed by atoms with Crippen molar-refractivity contribution in [3.8, 4) is 11.5 Å². The Hall–Kier alpha value is -3.26. The van der Waals surface area contributed by atoms with Crippen molar-refractivity contribution in [1.82, 2.24) is 10.2 Å². The van der Waals surface area contributed by atoms with Crippen LogP contribution in [0.1, 0.15) is 18.2 Å². The number of aromatic hydroxyl groups is 1. The maximum Gasteiger partial charge on any atom is 0.331 e. The van der Waals surface area contributed by atoms with Crippen molar-refractivity contribution in [1.29, 1.82) is 0 Å². The van der Waals surface area contributed by atoms with Gasteiger partial charge < -0.3 is 14.3 Å². The fraction of sp³-hybridized carbons (Fsp3) is 0.167. The van der Waals surface area contributed by atoms with Gasteiger partial charge in [0.2, 0.25) is 0 Å². The van der Waals surface area contributed by atoms with E-state index in [1.165, 1.54) is 24.5 Å². The fourth-order valence-electron chi connectivity index (χ4n) is 2.51. The number of barbiturate groups is 1. The molecule has 0 aliphatic carbocycles. The zero-order valence-electron chi connectivity index (χ0n) is 14.2. The van der Waals surface area contributed by atoms with E-state index >= 15 is 0 Å². The van der Waals surface area contributed by atoms with Crippen LogP contribution in [0.25, 0.3) is 6.08 Å². The molecule has 1 aromatic heterocycles. The zero-order chi connectivity index (χ0) is 19.6. The Balaban J connectivity index is 1.95. The average Bonchev–Trinajstić information content (AvgIpc) is 3.13. The molecule has 4 amide bonds. The minimum Gasteiger partial charge on any atom is -0.503 e. The second kappa shape index (κ2) is 7.55. The molecular formula is C18H15ClN2O6. The van der Waals surface area contributed by atoms with E-state index in [-0.39, 0.29) is 35.2 Å². The van der Waals surface area contributed by atoms with Crippen LogP contribution in [-0.4, -0.2) is 34.5 Å². The average molecular weight is 391 g/mol. The number of amides is 4. The molecular weight excluding hydrogens is 376 g/mol. The molecule has 2 N–H and O–H groups in total. The van der Waals surface area contributed by atoms with Gasteiger partial charge in [0.25, 0.3) is 11.8 Å². The van der Waals surface area contributed by atoms with E-state index in [2.05, 4.69) is 5.32 Å². The zero-order valence-corrected chi connectivity index (χ0v) is 14.9. The number of carbonyl (C=O) groups is 3. The summed E-state index contributed by atoms with van der Waals surface area (Å²) in [5.74, 6) is -1.34. The Labute approximate surface area is 159 Å². The highest BCUT2D eigenvalue weighted by atomic mass is 35.5. The summed E-state index contributed by atoms with van der Waals surface area (Å²) in [6, 6.07) is 5.20. The molecule has 0 unspecified atom stereocenters. The summed E-state index contributed by atoms with van der Waals surface area (Å²) in [7, 11) is 0. The van der Waals surface area contributed by atoms with Gasteiger partial charge in [0, 0.05) is 0 Å². The normalized spacial score (nSPS) is 16.0. The molecule has 1 aromatic carbocycles. The van der Waals surface area contributed by atoms with Crippen molar-refractivity contribution >= 4 is 35.5 Å². The summed E-state index contributed by atoms with van der Waals surface area (Å²) in [4.78, 5) is 37.7. The molecule has 9 heteroatoms. The van der Waals surface area contributed by atoms with E-state index in [1.807, 2.05) is 0 Å². The van der Waals surface area contributed by atoms with Gasteiger partial charge in [-0.1, -0.05) is 11.6 Å². The van der Waals surface area contributed by atoms with Crippen molar-refractivity contribution in [2.24, 2.45) is 0 Å². The van der Waals surface area contributed by atoms with Gasteiger partial charge in [-0.15, -0.1) is 0 Å². The Bertz CT molecular complexity index is 936. The predicted molar refractivity (Wildman–Crippen MR) is 95.1 cm³/mol. The van der Waals surface area contributed by atoms with Crippen molar-refractivity contribution < 1.29 is 28.6 Å². The molecule has 1 aliphatic rings. The van der Waals surface area contributed by atoms with Crippen LogP contribution in [0.3, 0.4) is 0 Å². The maximum absolute atomic E-state index is 12.7. The lowest BCUT2D eigenvalue weighted by atomic mass is 10.1. The number of rotatable bonds is 5. The quantitative estimate of drug-likeness (QED) is 0.600. The first-order valence-corrected chi connectivity index (χ1v) is 8.35. The third kappa shape index (κ3) is 3.80. The van der Waals surface area contributed by atoms with E-state index in [1.54, 1.807) is 19.1 Å². The summed E-state index contributed by atoms with van der Waals surface area (Å²) in [5.41, 5.74) is 0.0948. The van der Waals surface area contributed by atoms with Crippen LogP contribution in [0.5, 0.6) is 11.5 Å². The van der Waals surface area contributed by atoms with Gasteiger partial charge in [-0.05, 0) is 42.8 Å². The number of phenolic OH excluding ortho intramolecular Hbond substituents is 1. The van der Waals surface area contributed by atoms with E-state index in [4.69, 9.17) is 20.8 Å². The highest BCUT2D eigenvalue weighted by Crippen LogP contribution is 2.36. The Morgan fingerprint density at radius 1 is 1.33 bits per heavy atom. The number of halogens is 1. The highest BCUT2D eigenvalue weighted by molar-refractivity contribution is 6.33. The predicted octanol–water partition coefficient (Wildman–Crippen LogP) is 2.70. The van der Waals surface area contributed by atoms with Gasteiger partial charge in [-0.3, -0.25) is 19.8 Å². The van der Waals surface area contributed by atoms with E-state index < -0.39 is 17.8 Å². The van der Waals surface area contributed by atoms with Crippen molar-refractivity contribution in [2.75, 3.05) is 6.61 Å². The molecule has 8 nitrogen and oxygen atoms in total. The molecule has 0 bridgehead atoms. The van der Waals surface area contributed by atoms with Crippen molar-refractivity contribution in [2.45, 2.75) is 13.5 Å². The van der Waals surface area contributed by atoms with E-state index in [9.17, 15) is 19.5 Å². The second-order valence-electron chi connectivity index (χ2n) is 5.57. The number of hydrogen-bond acceptors (Lipinski definition) is 6. The Morgan fingerprint density at radius 3 is 2.78 bits per heavy atom. The molecule has 27 heavy (non-hydrogen) atoms. The van der Waals surface area contributed by atoms with Crippen LogP contribution in [-0.2, 0) is 16.1 Å². The molecule has 2 aromatic rings. The van der Waals surface area contributed by atoms with Crippen LogP contribution < -0.4 is 10.1 Å². The van der Waals surface area contributed by atoms with Gasteiger partial charge >= 0.3 is 6.03 Å². The third-order valence-corrected chi connectivity index (χ3v) is 4.03. The molecule has 3 rings (SSSR count). The maximum atomic E-state index is 12.7. The minimum atomic E-state index is -0.836. The fourth-order valence-corrected chi connectivity index (χ4v) is 2.72. The SMILES string of the molecule is CCOc1cc(/C=C2\C(=O)NC(=O)N(Cc3ccco3)C2=O)cc(Cl)c1O. The molecule has 2 heterocycles. The number of ether oxygens (including phenoxy) is 1. The molecule has 140 valence electrons. The molecule has 0 radical (unpaired) electrons. The van der Waals surface area contributed by atoms with Gasteiger partial charge in [0.05, 0.1) is 24.4 Å². The van der Waals surface area contributed by atoms with E-state index in [0.717, 1.165) is 4.90 Å². The summed E-state index contributed by atoms with van der Waals surface area (Å²) >= 11 is 5.97. The molecule has 1 saturated heterocycles. The Kier molecular flexibility index (Phi) is 5.18. The lowest BCUT2D eigenvalue weighted by molar-refractivity contribution is -0.130. The number of hydrogen-bond donors (Lipinski definition) is 2. The minimum absolute atomic E-state index is 0.0000142. The first-order chi connectivity index (χ1) is 12.9. The number of furan rings is 1. The number of phenols is 1. The van der Waals surface area contributed by atoms with Crippen LogP contribution in [0.15, 0.2) is 40.5 Å². The molecule has 0 saturated carbocycles. The number of imide groups is 2. The van der Waals surface area contributed by atoms with Crippen LogP contribution in [0.2, 0.25) is 5.02 Å². The molecule has 1 aliphatic heterocycles. The third-order valence-electron chi connectivity index (χ3n) is 3.74.